The SMILES string of the molecule is Cc1cc(C)n(C2=Cc3ccccc3[CH]2[Hf+2][CH]2C=Cc3ccccc32)c1.[Cl-].[Cl-]. The summed E-state index contributed by atoms with van der Waals surface area (Å²) in [5.41, 5.74) is 10.1. The molecule has 2 aliphatic carbocycles. The summed E-state index contributed by atoms with van der Waals surface area (Å²) in [5.74, 6) is 0. The van der Waals surface area contributed by atoms with Crippen molar-refractivity contribution in [2.45, 2.75) is 21.2 Å². The van der Waals surface area contributed by atoms with Crippen LogP contribution < -0.4 is 24.8 Å². The molecule has 0 saturated heterocycles. The summed E-state index contributed by atoms with van der Waals surface area (Å²) in [6, 6.07) is 20.2. The number of benzene rings is 2. The molecule has 0 radical (unpaired) electrons. The first kappa shape index (κ1) is 21.4. The maximum absolute atomic E-state index is 2.47. The minimum absolute atomic E-state index is 0. The number of aryl methyl sites for hydroxylation is 2. The Labute approximate surface area is 190 Å². The van der Waals surface area contributed by atoms with Gasteiger partial charge in [0.25, 0.3) is 0 Å². The van der Waals surface area contributed by atoms with Crippen molar-refractivity contribution < 1.29 is 47.7 Å². The monoisotopic (exact) mass is 573 g/mol. The Bertz CT molecular complexity index is 1060. The molecule has 2 aromatic carbocycles. The summed E-state index contributed by atoms with van der Waals surface area (Å²) >= 11 is -1.05. The first-order chi connectivity index (χ1) is 12.7. The number of hydrogen-bond acceptors (Lipinski definition) is 0. The minimum Gasteiger partial charge on any atom is -1.00 e. The molecular weight excluding hydrogens is 552 g/mol. The van der Waals surface area contributed by atoms with Crippen LogP contribution in [-0.2, 0) is 22.9 Å². The van der Waals surface area contributed by atoms with Crippen molar-refractivity contribution in [2.24, 2.45) is 0 Å². The third kappa shape index (κ3) is 3.63. The van der Waals surface area contributed by atoms with Crippen molar-refractivity contribution >= 4 is 17.8 Å². The molecule has 140 valence electrons. The quantitative estimate of drug-likeness (QED) is 0.390. The van der Waals surface area contributed by atoms with Gasteiger partial charge in [-0.2, -0.15) is 0 Å². The van der Waals surface area contributed by atoms with Gasteiger partial charge in [0.1, 0.15) is 0 Å². The fourth-order valence-corrected chi connectivity index (χ4v) is 10.9. The van der Waals surface area contributed by atoms with Gasteiger partial charge in [0.2, 0.25) is 0 Å². The fourth-order valence-electron chi connectivity index (χ4n) is 4.29. The molecule has 2 unspecified atom stereocenters. The zero-order valence-electron chi connectivity index (χ0n) is 15.9. The van der Waals surface area contributed by atoms with E-state index in [0.717, 1.165) is 0 Å². The molecule has 4 heteroatoms. The van der Waals surface area contributed by atoms with Crippen LogP contribution in [0.15, 0.2) is 66.9 Å². The first-order valence-electron chi connectivity index (χ1n) is 9.20. The van der Waals surface area contributed by atoms with Crippen molar-refractivity contribution in [3.05, 3.63) is 100 Å². The summed E-state index contributed by atoms with van der Waals surface area (Å²) in [5, 5.41) is 0. The summed E-state index contributed by atoms with van der Waals surface area (Å²) in [7, 11) is 0. The number of nitrogens with zero attached hydrogens (tertiary/aromatic N) is 1. The third-order valence-corrected chi connectivity index (χ3v) is 12.0. The van der Waals surface area contributed by atoms with Gasteiger partial charge >= 0.3 is 167 Å². The Morgan fingerprint density at radius 3 is 2.25 bits per heavy atom. The molecule has 1 aromatic heterocycles. The predicted octanol–water partition coefficient (Wildman–Crippen LogP) is 0.0163. The van der Waals surface area contributed by atoms with E-state index in [1.54, 1.807) is 11.1 Å². The predicted molar refractivity (Wildman–Crippen MR) is 105 cm³/mol. The molecule has 5 rings (SSSR count). The normalized spacial score (nSPS) is 18.4. The molecule has 0 N–H and O–H groups in total. The van der Waals surface area contributed by atoms with Crippen LogP contribution in [0.25, 0.3) is 17.8 Å². The summed E-state index contributed by atoms with van der Waals surface area (Å²) in [4.78, 5) is 0. The molecule has 3 aromatic rings. The Kier molecular flexibility index (Phi) is 6.54. The number of halogens is 2. The van der Waals surface area contributed by atoms with E-state index in [1.807, 2.05) is 0 Å². The van der Waals surface area contributed by atoms with Gasteiger partial charge in [0.05, 0.1) is 0 Å². The summed E-state index contributed by atoms with van der Waals surface area (Å²) in [6.07, 6.45) is 9.55. The van der Waals surface area contributed by atoms with Gasteiger partial charge in [-0.15, -0.1) is 0 Å². The van der Waals surface area contributed by atoms with E-state index in [2.05, 4.69) is 97.4 Å². The zero-order chi connectivity index (χ0) is 17.7. The van der Waals surface area contributed by atoms with Gasteiger partial charge in [-0.25, -0.2) is 0 Å². The molecule has 2 aliphatic rings. The Morgan fingerprint density at radius 2 is 1.54 bits per heavy atom. The van der Waals surface area contributed by atoms with E-state index in [4.69, 9.17) is 0 Å². The van der Waals surface area contributed by atoms with Gasteiger partial charge in [0, 0.05) is 0 Å². The van der Waals surface area contributed by atoms with Crippen LogP contribution in [0.2, 0.25) is 0 Å². The maximum Gasteiger partial charge on any atom is -1.00 e. The van der Waals surface area contributed by atoms with Gasteiger partial charge in [-0.1, -0.05) is 0 Å². The van der Waals surface area contributed by atoms with Crippen molar-refractivity contribution in [3.8, 4) is 0 Å². The van der Waals surface area contributed by atoms with E-state index < -0.39 is 22.9 Å². The van der Waals surface area contributed by atoms with Crippen LogP contribution in [0.1, 0.15) is 40.9 Å². The number of hydrogen-bond donors (Lipinski definition) is 0. The molecule has 2 atom stereocenters. The molecule has 0 amide bonds. The fraction of sp³-hybridized carbons (Fsp3) is 0.167. The van der Waals surface area contributed by atoms with Crippen molar-refractivity contribution in [1.82, 2.24) is 4.57 Å². The van der Waals surface area contributed by atoms with Crippen molar-refractivity contribution in [3.63, 3.8) is 0 Å². The van der Waals surface area contributed by atoms with Crippen LogP contribution >= 0.6 is 0 Å². The first-order valence-corrected chi connectivity index (χ1v) is 13.4. The molecule has 0 fully saturated rings. The molecule has 0 aliphatic heterocycles. The summed E-state index contributed by atoms with van der Waals surface area (Å²) < 4.78 is 3.75. The Balaban J connectivity index is 0.00000112. The molecule has 0 spiro atoms. The van der Waals surface area contributed by atoms with Crippen LogP contribution in [0.3, 0.4) is 0 Å². The largest absolute Gasteiger partial charge is 1.00 e. The molecule has 0 saturated carbocycles. The van der Waals surface area contributed by atoms with Gasteiger partial charge in [-0.05, 0) is 0 Å². The molecule has 0 bridgehead atoms. The number of aromatic nitrogens is 1. The second kappa shape index (κ2) is 8.57. The molecule has 1 heterocycles. The van der Waals surface area contributed by atoms with E-state index in [0.29, 0.717) is 7.35 Å². The van der Waals surface area contributed by atoms with E-state index in [9.17, 15) is 0 Å². The summed E-state index contributed by atoms with van der Waals surface area (Å²) in [6.45, 7) is 4.42. The number of fused-ring (bicyclic) bond motifs is 2. The molecule has 1 nitrogen and oxygen atoms in total. The second-order valence-corrected chi connectivity index (χ2v) is 12.8. The van der Waals surface area contributed by atoms with E-state index in [1.165, 1.54) is 28.1 Å². The molecule has 28 heavy (non-hydrogen) atoms. The van der Waals surface area contributed by atoms with E-state index >= 15 is 0 Å². The Morgan fingerprint density at radius 1 is 0.857 bits per heavy atom. The smallest absolute Gasteiger partial charge is 1.00 e. The third-order valence-electron chi connectivity index (χ3n) is 5.48. The number of rotatable bonds is 3. The average Bonchev–Trinajstić information content (AvgIpc) is 3.31. The van der Waals surface area contributed by atoms with E-state index in [-0.39, 0.29) is 24.8 Å². The standard InChI is InChI=1S/C15H14N.C9H7.2ClH.Hf/c1-11-7-12(2)16(10-11)15-8-13-5-3-4-6-14(13)9-15;1-2-5-9-7-3-6-8(9)4-1;;;/h3-10H,1-2H3;1-7H;2*1H;/q;;;;+2/p-2. The minimum atomic E-state index is -1.05. The van der Waals surface area contributed by atoms with Gasteiger partial charge in [-0.3, -0.25) is 0 Å². The Hall–Kier alpha value is -1.35. The van der Waals surface area contributed by atoms with Gasteiger partial charge < -0.3 is 24.8 Å². The van der Waals surface area contributed by atoms with Crippen LogP contribution in [0.5, 0.6) is 0 Å². The van der Waals surface area contributed by atoms with Crippen molar-refractivity contribution in [2.75, 3.05) is 0 Å². The average molecular weight is 573 g/mol. The molecular formula is C24H21Cl2HfN. The van der Waals surface area contributed by atoms with Crippen LogP contribution in [0, 0.1) is 13.8 Å². The second-order valence-electron chi connectivity index (χ2n) is 7.29. The van der Waals surface area contributed by atoms with Crippen LogP contribution in [0.4, 0.5) is 0 Å². The van der Waals surface area contributed by atoms with Crippen LogP contribution in [-0.4, -0.2) is 4.57 Å². The zero-order valence-corrected chi connectivity index (χ0v) is 21.0. The topological polar surface area (TPSA) is 4.93 Å². The number of allylic oxidation sites excluding steroid dienone is 2. The van der Waals surface area contributed by atoms with Crippen molar-refractivity contribution in [1.29, 1.82) is 0 Å². The maximum atomic E-state index is 2.47. The van der Waals surface area contributed by atoms with Gasteiger partial charge in [0.15, 0.2) is 0 Å².